The second kappa shape index (κ2) is 4.91. The first-order valence-electron chi connectivity index (χ1n) is 4.43. The highest BCUT2D eigenvalue weighted by Gasteiger charge is 2.10. The second-order valence-electron chi connectivity index (χ2n) is 3.01. The Morgan fingerprint density at radius 1 is 1.71 bits per heavy atom. The van der Waals surface area contributed by atoms with Gasteiger partial charge in [0.05, 0.1) is 0 Å². The number of carbonyl (C=O) groups excluding carboxylic acids is 1. The summed E-state index contributed by atoms with van der Waals surface area (Å²) in [4.78, 5) is 19.0. The molecule has 0 aliphatic rings. The van der Waals surface area contributed by atoms with Crippen LogP contribution in [0.5, 0.6) is 0 Å². The maximum Gasteiger partial charge on any atom is 0.228 e. The molecule has 1 heterocycles. The van der Waals surface area contributed by atoms with Crippen LogP contribution in [0.25, 0.3) is 0 Å². The SMILES string of the molecule is CCC(C)C(=O)Nc1ccnc(Cl)n1. The zero-order valence-corrected chi connectivity index (χ0v) is 8.88. The van der Waals surface area contributed by atoms with Crippen LogP contribution in [0.4, 0.5) is 5.82 Å². The summed E-state index contributed by atoms with van der Waals surface area (Å²) in [5.41, 5.74) is 0. The van der Waals surface area contributed by atoms with Crippen molar-refractivity contribution in [1.82, 2.24) is 9.97 Å². The summed E-state index contributed by atoms with van der Waals surface area (Å²) in [5.74, 6) is 0.362. The molecule has 0 saturated heterocycles. The van der Waals surface area contributed by atoms with Gasteiger partial charge in [0.2, 0.25) is 11.2 Å². The summed E-state index contributed by atoms with van der Waals surface area (Å²) in [5, 5.41) is 2.79. The summed E-state index contributed by atoms with van der Waals surface area (Å²) in [6.45, 7) is 3.81. The lowest BCUT2D eigenvalue weighted by Crippen LogP contribution is -2.20. The Labute approximate surface area is 87.7 Å². The highest BCUT2D eigenvalue weighted by atomic mass is 35.5. The molecule has 0 aliphatic heterocycles. The monoisotopic (exact) mass is 213 g/mol. The molecule has 76 valence electrons. The van der Waals surface area contributed by atoms with Crippen molar-refractivity contribution in [2.24, 2.45) is 5.92 Å². The van der Waals surface area contributed by atoms with Crippen molar-refractivity contribution < 1.29 is 4.79 Å². The normalized spacial score (nSPS) is 12.2. The molecule has 1 amide bonds. The molecule has 4 nitrogen and oxygen atoms in total. The molecule has 0 aromatic carbocycles. The first-order chi connectivity index (χ1) is 6.63. The minimum atomic E-state index is -0.0535. The van der Waals surface area contributed by atoms with Crippen molar-refractivity contribution in [2.75, 3.05) is 5.32 Å². The van der Waals surface area contributed by atoms with Gasteiger partial charge in [-0.1, -0.05) is 13.8 Å². The van der Waals surface area contributed by atoms with E-state index < -0.39 is 0 Å². The van der Waals surface area contributed by atoms with Crippen LogP contribution < -0.4 is 5.32 Å². The van der Waals surface area contributed by atoms with Crippen LogP contribution in [0.3, 0.4) is 0 Å². The van der Waals surface area contributed by atoms with Gasteiger partial charge in [0.15, 0.2) is 0 Å². The van der Waals surface area contributed by atoms with Crippen molar-refractivity contribution in [2.45, 2.75) is 20.3 Å². The topological polar surface area (TPSA) is 54.9 Å². The molecular weight excluding hydrogens is 202 g/mol. The predicted molar refractivity (Wildman–Crippen MR) is 55.1 cm³/mol. The number of rotatable bonds is 3. The fraction of sp³-hybridized carbons (Fsp3) is 0.444. The summed E-state index contributed by atoms with van der Waals surface area (Å²) in [7, 11) is 0. The molecule has 14 heavy (non-hydrogen) atoms. The summed E-state index contributed by atoms with van der Waals surface area (Å²) in [6, 6.07) is 1.60. The molecule has 0 bridgehead atoms. The lowest BCUT2D eigenvalue weighted by Gasteiger charge is -2.08. The molecule has 1 aromatic heterocycles. The molecule has 0 aliphatic carbocycles. The molecule has 0 fully saturated rings. The summed E-state index contributed by atoms with van der Waals surface area (Å²) in [6.07, 6.45) is 2.30. The van der Waals surface area contributed by atoms with Gasteiger partial charge in [-0.3, -0.25) is 4.79 Å². The summed E-state index contributed by atoms with van der Waals surface area (Å²) < 4.78 is 0. The average Bonchev–Trinajstić information content (AvgIpc) is 2.16. The summed E-state index contributed by atoms with van der Waals surface area (Å²) >= 11 is 5.57. The highest BCUT2D eigenvalue weighted by molar-refractivity contribution is 6.28. The van der Waals surface area contributed by atoms with E-state index in [9.17, 15) is 4.79 Å². The third-order valence-corrected chi connectivity index (χ3v) is 2.12. The smallest absolute Gasteiger partial charge is 0.228 e. The Morgan fingerprint density at radius 2 is 2.43 bits per heavy atom. The number of anilines is 1. The zero-order valence-electron chi connectivity index (χ0n) is 8.12. The van der Waals surface area contributed by atoms with E-state index in [1.165, 1.54) is 6.20 Å². The quantitative estimate of drug-likeness (QED) is 0.783. The first kappa shape index (κ1) is 10.9. The van der Waals surface area contributed by atoms with E-state index in [0.29, 0.717) is 5.82 Å². The zero-order chi connectivity index (χ0) is 10.6. The van der Waals surface area contributed by atoms with Gasteiger partial charge in [-0.25, -0.2) is 9.97 Å². The van der Waals surface area contributed by atoms with Crippen LogP contribution >= 0.6 is 11.6 Å². The van der Waals surface area contributed by atoms with E-state index in [1.54, 1.807) is 6.07 Å². The number of aromatic nitrogens is 2. The lowest BCUT2D eigenvalue weighted by molar-refractivity contribution is -0.119. The molecule has 1 rings (SSSR count). The Kier molecular flexibility index (Phi) is 3.83. The second-order valence-corrected chi connectivity index (χ2v) is 3.35. The number of halogens is 1. The Bertz CT molecular complexity index is 330. The predicted octanol–water partition coefficient (Wildman–Crippen LogP) is 2.11. The van der Waals surface area contributed by atoms with Crippen LogP contribution in [-0.2, 0) is 4.79 Å². The van der Waals surface area contributed by atoms with Gasteiger partial charge in [0.1, 0.15) is 5.82 Å². The van der Waals surface area contributed by atoms with Gasteiger partial charge in [-0.05, 0) is 24.1 Å². The van der Waals surface area contributed by atoms with E-state index in [0.717, 1.165) is 6.42 Å². The van der Waals surface area contributed by atoms with Crippen LogP contribution in [0.2, 0.25) is 5.28 Å². The largest absolute Gasteiger partial charge is 0.310 e. The van der Waals surface area contributed by atoms with Gasteiger partial charge in [-0.2, -0.15) is 0 Å². The number of nitrogens with one attached hydrogen (secondary N) is 1. The molecule has 5 heteroatoms. The Hall–Kier alpha value is -1.16. The Morgan fingerprint density at radius 3 is 3.00 bits per heavy atom. The molecule has 1 N–H and O–H groups in total. The van der Waals surface area contributed by atoms with Crippen LogP contribution in [-0.4, -0.2) is 15.9 Å². The molecule has 1 unspecified atom stereocenters. The van der Waals surface area contributed by atoms with Crippen LogP contribution in [0.1, 0.15) is 20.3 Å². The van der Waals surface area contributed by atoms with E-state index >= 15 is 0 Å². The lowest BCUT2D eigenvalue weighted by atomic mass is 10.1. The number of hydrogen-bond donors (Lipinski definition) is 1. The van der Waals surface area contributed by atoms with Crippen LogP contribution in [0, 0.1) is 5.92 Å². The fourth-order valence-electron chi connectivity index (χ4n) is 0.839. The van der Waals surface area contributed by atoms with Gasteiger partial charge >= 0.3 is 0 Å². The average molecular weight is 214 g/mol. The number of amides is 1. The van der Waals surface area contributed by atoms with E-state index in [-0.39, 0.29) is 17.1 Å². The molecule has 0 spiro atoms. The van der Waals surface area contributed by atoms with Crippen LogP contribution in [0.15, 0.2) is 12.3 Å². The maximum atomic E-state index is 11.4. The minimum absolute atomic E-state index is 0.0243. The fourth-order valence-corrected chi connectivity index (χ4v) is 0.987. The standard InChI is InChI=1S/C9H12ClN3O/c1-3-6(2)8(14)12-7-4-5-11-9(10)13-7/h4-6H,3H2,1-2H3,(H,11,12,13,14). The number of hydrogen-bond acceptors (Lipinski definition) is 3. The van der Waals surface area contributed by atoms with E-state index in [1.807, 2.05) is 13.8 Å². The minimum Gasteiger partial charge on any atom is -0.310 e. The number of nitrogens with zero attached hydrogens (tertiary/aromatic N) is 2. The number of carbonyl (C=O) groups is 1. The molecule has 1 atom stereocenters. The third kappa shape index (κ3) is 2.96. The third-order valence-electron chi connectivity index (χ3n) is 1.94. The van der Waals surface area contributed by atoms with Crippen molar-refractivity contribution in [3.05, 3.63) is 17.5 Å². The van der Waals surface area contributed by atoms with Crippen molar-refractivity contribution in [3.8, 4) is 0 Å². The van der Waals surface area contributed by atoms with Crippen molar-refractivity contribution in [1.29, 1.82) is 0 Å². The molecular formula is C9H12ClN3O. The highest BCUT2D eigenvalue weighted by Crippen LogP contribution is 2.09. The van der Waals surface area contributed by atoms with Crippen molar-refractivity contribution >= 4 is 23.3 Å². The van der Waals surface area contributed by atoms with Crippen molar-refractivity contribution in [3.63, 3.8) is 0 Å². The molecule has 0 radical (unpaired) electrons. The van der Waals surface area contributed by atoms with Gasteiger partial charge in [0.25, 0.3) is 0 Å². The molecule has 1 aromatic rings. The van der Waals surface area contributed by atoms with Gasteiger partial charge < -0.3 is 5.32 Å². The van der Waals surface area contributed by atoms with Gasteiger partial charge in [0, 0.05) is 12.1 Å². The van der Waals surface area contributed by atoms with E-state index in [2.05, 4.69) is 15.3 Å². The molecule has 0 saturated carbocycles. The van der Waals surface area contributed by atoms with Gasteiger partial charge in [-0.15, -0.1) is 0 Å². The first-order valence-corrected chi connectivity index (χ1v) is 4.80. The Balaban J connectivity index is 2.65. The van der Waals surface area contributed by atoms with E-state index in [4.69, 9.17) is 11.6 Å². The maximum absolute atomic E-state index is 11.4.